The van der Waals surface area contributed by atoms with E-state index in [0.29, 0.717) is 23.7 Å². The van der Waals surface area contributed by atoms with Gasteiger partial charge in [-0.25, -0.2) is 4.79 Å². The number of halogens is 4. The highest BCUT2D eigenvalue weighted by atomic mass is 35.5. The van der Waals surface area contributed by atoms with Crippen LogP contribution in [0.1, 0.15) is 43.0 Å². The van der Waals surface area contributed by atoms with E-state index in [9.17, 15) is 23.5 Å². The molecule has 3 N–H and O–H groups in total. The maximum atomic E-state index is 10.6. The van der Waals surface area contributed by atoms with E-state index in [1.807, 2.05) is 37.3 Å². The highest BCUT2D eigenvalue weighted by molar-refractivity contribution is 6.30. The van der Waals surface area contributed by atoms with E-state index in [0.717, 1.165) is 80.4 Å². The number of anilines is 1. The van der Waals surface area contributed by atoms with Crippen molar-refractivity contribution in [3.63, 3.8) is 0 Å². The van der Waals surface area contributed by atoms with Gasteiger partial charge in [-0.1, -0.05) is 29.8 Å². The molecule has 0 bridgehead atoms. The molecular formula is C34H37ClF3N5O4. The number of para-hydroxylation sites is 1. The smallest absolute Gasteiger partial charge is 0.490 e. The Morgan fingerprint density at radius 1 is 1.19 bits per heavy atom. The monoisotopic (exact) mass is 671 g/mol. The molecule has 13 heteroatoms. The van der Waals surface area contributed by atoms with Gasteiger partial charge in [0, 0.05) is 61.3 Å². The zero-order valence-electron chi connectivity index (χ0n) is 25.9. The molecule has 1 aromatic heterocycles. The lowest BCUT2D eigenvalue weighted by Crippen LogP contribution is -2.54. The average molecular weight is 672 g/mol. The minimum atomic E-state index is -5.08. The van der Waals surface area contributed by atoms with Gasteiger partial charge in [0.25, 0.3) is 0 Å². The van der Waals surface area contributed by atoms with Crippen LogP contribution < -0.4 is 15.0 Å². The first kappa shape index (κ1) is 34.4. The third-order valence-corrected chi connectivity index (χ3v) is 9.20. The van der Waals surface area contributed by atoms with Crippen LogP contribution in [0.5, 0.6) is 5.75 Å². The molecule has 6 rings (SSSR count). The van der Waals surface area contributed by atoms with Crippen molar-refractivity contribution < 1.29 is 32.9 Å². The Kier molecular flexibility index (Phi) is 10.6. The number of carboxylic acid groups (broad SMARTS) is 1. The zero-order valence-corrected chi connectivity index (χ0v) is 26.7. The maximum Gasteiger partial charge on any atom is 0.490 e. The quantitative estimate of drug-likeness (QED) is 0.317. The molecule has 2 aromatic carbocycles. The molecule has 0 aliphatic carbocycles. The van der Waals surface area contributed by atoms with Crippen molar-refractivity contribution in [2.24, 2.45) is 0 Å². The summed E-state index contributed by atoms with van der Waals surface area (Å²) in [5.74, 6) is -1.90. The molecule has 3 aromatic rings. The summed E-state index contributed by atoms with van der Waals surface area (Å²) in [4.78, 5) is 19.0. The first-order chi connectivity index (χ1) is 22.4. The van der Waals surface area contributed by atoms with E-state index in [4.69, 9.17) is 31.2 Å². The Hall–Kier alpha value is -3.89. The molecule has 4 heterocycles. The van der Waals surface area contributed by atoms with Crippen LogP contribution >= 0.6 is 11.6 Å². The molecule has 9 nitrogen and oxygen atoms in total. The van der Waals surface area contributed by atoms with Gasteiger partial charge in [-0.2, -0.15) is 18.4 Å². The lowest BCUT2D eigenvalue weighted by molar-refractivity contribution is -0.192. The third-order valence-electron chi connectivity index (χ3n) is 8.97. The van der Waals surface area contributed by atoms with Crippen LogP contribution in [0, 0.1) is 11.3 Å². The van der Waals surface area contributed by atoms with Crippen molar-refractivity contribution in [1.82, 2.24) is 15.2 Å². The average Bonchev–Trinajstić information content (AvgIpc) is 3.45. The summed E-state index contributed by atoms with van der Waals surface area (Å²) < 4.78 is 37.7. The second-order valence-electron chi connectivity index (χ2n) is 12.1. The van der Waals surface area contributed by atoms with Gasteiger partial charge in [0.1, 0.15) is 11.8 Å². The Labute approximate surface area is 276 Å². The number of nitrogens with one attached hydrogen (secondary N) is 1. The SMILES string of the molecule is CCOc1ccccc1-c1ccc2c(n1)CN(C[C@H]1C[C@H](O)CN1)CC21CCN(c2ccc(Cl)cc2C#N)CC1.O=C(O)C(F)(F)F. The predicted molar refractivity (Wildman–Crippen MR) is 172 cm³/mol. The van der Waals surface area contributed by atoms with Gasteiger partial charge in [0.15, 0.2) is 0 Å². The molecular weight excluding hydrogens is 635 g/mol. The first-order valence-electron chi connectivity index (χ1n) is 15.5. The fourth-order valence-corrected chi connectivity index (χ4v) is 7.02. The van der Waals surface area contributed by atoms with Crippen molar-refractivity contribution in [3.05, 3.63) is 76.4 Å². The Balaban J connectivity index is 0.000000559. The fraction of sp³-hybridized carbons (Fsp3) is 0.441. The zero-order chi connectivity index (χ0) is 33.8. The molecule has 3 aliphatic heterocycles. The number of nitriles is 1. The molecule has 0 unspecified atom stereocenters. The van der Waals surface area contributed by atoms with Crippen molar-refractivity contribution in [1.29, 1.82) is 5.26 Å². The van der Waals surface area contributed by atoms with Crippen molar-refractivity contribution in [3.8, 4) is 23.1 Å². The topological polar surface area (TPSA) is 122 Å². The Morgan fingerprint density at radius 2 is 1.91 bits per heavy atom. The number of nitrogens with zero attached hydrogens (tertiary/aromatic N) is 4. The van der Waals surface area contributed by atoms with E-state index in [-0.39, 0.29) is 17.6 Å². The van der Waals surface area contributed by atoms with Gasteiger partial charge in [0.05, 0.1) is 35.3 Å². The Bertz CT molecular complexity index is 1620. The second kappa shape index (κ2) is 14.5. The number of aliphatic carboxylic acids is 1. The lowest BCUT2D eigenvalue weighted by atomic mass is 9.69. The minimum Gasteiger partial charge on any atom is -0.493 e. The lowest BCUT2D eigenvalue weighted by Gasteiger charge is -2.49. The summed E-state index contributed by atoms with van der Waals surface area (Å²) in [5.41, 5.74) is 5.99. The standard InChI is InChI=1S/C32H36ClN5O2.C2HF3O2/c1-2-40-31-6-4-3-5-26(31)28-9-8-27-29(36-28)20-37(19-24-16-25(39)18-35-24)21-32(27)11-13-38(14-12-32)30-10-7-23(33)15-22(30)17-34;3-2(4,5)1(6)7/h3-10,15,24-25,35,39H,2,11-14,16,18-21H2,1H3;(H,6,7)/t24-,25+;/m1./s1. The number of carbonyl (C=O) groups is 1. The number of hydrogen-bond donors (Lipinski definition) is 3. The highest BCUT2D eigenvalue weighted by Gasteiger charge is 2.44. The number of hydrogen-bond acceptors (Lipinski definition) is 8. The number of aliphatic hydroxyl groups is 1. The van der Waals surface area contributed by atoms with Crippen molar-refractivity contribution in [2.45, 2.75) is 56.5 Å². The van der Waals surface area contributed by atoms with Crippen LogP contribution in [0.25, 0.3) is 11.3 Å². The number of alkyl halides is 3. The number of rotatable bonds is 6. The summed E-state index contributed by atoms with van der Waals surface area (Å²) in [5, 5.41) is 31.0. The summed E-state index contributed by atoms with van der Waals surface area (Å²) in [7, 11) is 0. The first-order valence-corrected chi connectivity index (χ1v) is 15.9. The Morgan fingerprint density at radius 3 is 2.55 bits per heavy atom. The van der Waals surface area contributed by atoms with Gasteiger partial charge in [-0.3, -0.25) is 9.88 Å². The normalized spacial score (nSPS) is 20.6. The summed E-state index contributed by atoms with van der Waals surface area (Å²) in [6, 6.07) is 20.8. The third kappa shape index (κ3) is 7.99. The molecule has 2 atom stereocenters. The largest absolute Gasteiger partial charge is 0.493 e. The van der Waals surface area contributed by atoms with E-state index < -0.39 is 12.1 Å². The fourth-order valence-electron chi connectivity index (χ4n) is 6.85. The van der Waals surface area contributed by atoms with Crippen LogP contribution in [0.2, 0.25) is 5.02 Å². The van der Waals surface area contributed by atoms with Crippen molar-refractivity contribution in [2.75, 3.05) is 44.2 Å². The molecule has 0 amide bonds. The van der Waals surface area contributed by atoms with Crippen LogP contribution in [0.15, 0.2) is 54.6 Å². The number of aromatic nitrogens is 1. The number of ether oxygens (including phenoxy) is 1. The number of β-amino-alcohol motifs (C(OH)–C–C–N with tert-alkyl or cyclic N) is 1. The number of piperidine rings is 1. The van der Waals surface area contributed by atoms with E-state index in [1.54, 1.807) is 6.07 Å². The number of carboxylic acids is 1. The molecule has 0 saturated carbocycles. The number of pyridine rings is 1. The number of benzene rings is 2. The molecule has 2 saturated heterocycles. The summed E-state index contributed by atoms with van der Waals surface area (Å²) in [6.07, 6.45) is -2.62. The van der Waals surface area contributed by atoms with Gasteiger partial charge in [0.2, 0.25) is 0 Å². The summed E-state index contributed by atoms with van der Waals surface area (Å²) in [6.45, 7) is 7.63. The van der Waals surface area contributed by atoms with E-state index in [1.165, 1.54) is 5.56 Å². The van der Waals surface area contributed by atoms with Crippen LogP contribution in [-0.2, 0) is 16.8 Å². The van der Waals surface area contributed by atoms with Gasteiger partial charge in [-0.05, 0) is 68.1 Å². The van der Waals surface area contributed by atoms with Gasteiger partial charge in [-0.15, -0.1) is 0 Å². The van der Waals surface area contributed by atoms with Crippen LogP contribution in [0.3, 0.4) is 0 Å². The van der Waals surface area contributed by atoms with Crippen molar-refractivity contribution >= 4 is 23.3 Å². The molecule has 1 spiro atoms. The number of aliphatic hydroxyl groups excluding tert-OH is 1. The highest BCUT2D eigenvalue weighted by Crippen LogP contribution is 2.44. The molecule has 2 fully saturated rings. The van der Waals surface area contributed by atoms with E-state index in [2.05, 4.69) is 39.4 Å². The molecule has 47 heavy (non-hydrogen) atoms. The predicted octanol–water partition coefficient (Wildman–Crippen LogP) is 5.38. The molecule has 0 radical (unpaired) electrons. The molecule has 3 aliphatic rings. The van der Waals surface area contributed by atoms with Crippen LogP contribution in [0.4, 0.5) is 18.9 Å². The second-order valence-corrected chi connectivity index (χ2v) is 12.6. The maximum absolute atomic E-state index is 10.6. The minimum absolute atomic E-state index is 0.0223. The number of fused-ring (bicyclic) bond motifs is 2. The summed E-state index contributed by atoms with van der Waals surface area (Å²) >= 11 is 6.18. The van der Waals surface area contributed by atoms with Gasteiger partial charge < -0.3 is 25.2 Å². The van der Waals surface area contributed by atoms with Crippen LogP contribution in [-0.4, -0.2) is 83.7 Å². The molecule has 250 valence electrons. The van der Waals surface area contributed by atoms with E-state index >= 15 is 0 Å². The van der Waals surface area contributed by atoms with Gasteiger partial charge >= 0.3 is 12.1 Å².